The number of hydrogen-bond acceptors (Lipinski definition) is 2. The van der Waals surface area contributed by atoms with Crippen molar-refractivity contribution < 1.29 is 13.6 Å². The van der Waals surface area contributed by atoms with E-state index in [0.29, 0.717) is 25.2 Å². The number of urea groups is 1. The van der Waals surface area contributed by atoms with Gasteiger partial charge in [-0.05, 0) is 37.5 Å². The number of benzene rings is 1. The van der Waals surface area contributed by atoms with Gasteiger partial charge in [0.1, 0.15) is 17.3 Å². The molecule has 2 aliphatic rings. The molecule has 0 radical (unpaired) electrons. The van der Waals surface area contributed by atoms with Crippen LogP contribution in [0.3, 0.4) is 0 Å². The number of rotatable bonds is 1. The monoisotopic (exact) mass is 346 g/mol. The first kappa shape index (κ1) is 16.1. The molecule has 2 aliphatic heterocycles. The molecule has 7 heteroatoms. The maximum Gasteiger partial charge on any atom is 0.320 e. The van der Waals surface area contributed by atoms with Crippen molar-refractivity contribution in [3.63, 3.8) is 0 Å². The van der Waals surface area contributed by atoms with Crippen LogP contribution in [0.1, 0.15) is 30.5 Å². The molecular formula is C18H20F2N4O. The number of halogens is 2. The highest BCUT2D eigenvalue weighted by atomic mass is 19.1. The van der Waals surface area contributed by atoms with Crippen LogP contribution in [0.15, 0.2) is 18.2 Å². The third-order valence-corrected chi connectivity index (χ3v) is 5.01. The lowest BCUT2D eigenvalue weighted by Crippen LogP contribution is -2.47. The average molecular weight is 346 g/mol. The van der Waals surface area contributed by atoms with E-state index >= 15 is 0 Å². The van der Waals surface area contributed by atoms with Gasteiger partial charge in [0.2, 0.25) is 0 Å². The summed E-state index contributed by atoms with van der Waals surface area (Å²) in [4.78, 5) is 16.4. The Balaban J connectivity index is 1.61. The fraction of sp³-hybridized carbons (Fsp3) is 0.444. The highest BCUT2D eigenvalue weighted by Gasteiger charge is 2.29. The number of aromatic amines is 1. The molecule has 1 N–H and O–H groups in total. The number of carbonyl (C=O) groups is 1. The Kier molecular flexibility index (Phi) is 4.15. The van der Waals surface area contributed by atoms with E-state index in [1.807, 2.05) is 4.90 Å². The van der Waals surface area contributed by atoms with Crippen LogP contribution < -0.4 is 0 Å². The van der Waals surface area contributed by atoms with Crippen LogP contribution in [-0.2, 0) is 13.0 Å². The van der Waals surface area contributed by atoms with Gasteiger partial charge in [-0.15, -0.1) is 0 Å². The smallest absolute Gasteiger partial charge is 0.320 e. The first-order chi connectivity index (χ1) is 12.1. The molecule has 0 spiro atoms. The van der Waals surface area contributed by atoms with E-state index in [2.05, 4.69) is 10.2 Å². The zero-order valence-electron chi connectivity index (χ0n) is 13.9. The van der Waals surface area contributed by atoms with Crippen molar-refractivity contribution in [2.24, 2.45) is 0 Å². The van der Waals surface area contributed by atoms with Crippen LogP contribution in [-0.4, -0.2) is 45.7 Å². The maximum absolute atomic E-state index is 14.1. The molecule has 5 nitrogen and oxygen atoms in total. The van der Waals surface area contributed by atoms with Crippen molar-refractivity contribution in [3.8, 4) is 11.3 Å². The van der Waals surface area contributed by atoms with Crippen molar-refractivity contribution in [2.45, 2.75) is 32.2 Å². The van der Waals surface area contributed by atoms with Crippen LogP contribution in [0.5, 0.6) is 0 Å². The number of hydrogen-bond donors (Lipinski definition) is 1. The fourth-order valence-corrected chi connectivity index (χ4v) is 3.65. The molecular weight excluding hydrogens is 326 g/mol. The predicted octanol–water partition coefficient (Wildman–Crippen LogP) is 3.32. The van der Waals surface area contributed by atoms with Crippen molar-refractivity contribution in [1.82, 2.24) is 20.0 Å². The number of nitrogens with one attached hydrogen (secondary N) is 1. The molecule has 4 rings (SSSR count). The van der Waals surface area contributed by atoms with Gasteiger partial charge < -0.3 is 9.80 Å². The van der Waals surface area contributed by atoms with E-state index in [0.717, 1.165) is 55.4 Å². The van der Waals surface area contributed by atoms with Gasteiger partial charge in [0, 0.05) is 42.9 Å². The van der Waals surface area contributed by atoms with Crippen molar-refractivity contribution in [2.75, 3.05) is 19.6 Å². The number of likely N-dealkylation sites (tertiary alicyclic amines) is 1. The van der Waals surface area contributed by atoms with Gasteiger partial charge in [0.15, 0.2) is 0 Å². The van der Waals surface area contributed by atoms with Crippen molar-refractivity contribution in [1.29, 1.82) is 0 Å². The molecule has 2 amide bonds. The van der Waals surface area contributed by atoms with E-state index in [-0.39, 0.29) is 11.6 Å². The van der Waals surface area contributed by atoms with E-state index in [9.17, 15) is 13.6 Å². The number of piperidine rings is 1. The van der Waals surface area contributed by atoms with E-state index < -0.39 is 11.6 Å². The zero-order valence-corrected chi connectivity index (χ0v) is 13.9. The Labute approximate surface area is 144 Å². The minimum absolute atomic E-state index is 0.0252. The maximum atomic E-state index is 14.1. The zero-order chi connectivity index (χ0) is 17.4. The van der Waals surface area contributed by atoms with Gasteiger partial charge in [-0.25, -0.2) is 13.6 Å². The molecule has 0 bridgehead atoms. The van der Waals surface area contributed by atoms with Crippen LogP contribution in [0.2, 0.25) is 0 Å². The molecule has 0 atom stereocenters. The molecule has 3 heterocycles. The third-order valence-electron chi connectivity index (χ3n) is 5.01. The Morgan fingerprint density at radius 2 is 1.88 bits per heavy atom. The third kappa shape index (κ3) is 2.99. The van der Waals surface area contributed by atoms with E-state index in [1.165, 1.54) is 6.42 Å². The summed E-state index contributed by atoms with van der Waals surface area (Å²) in [5.41, 5.74) is 2.19. The molecule has 0 saturated carbocycles. The van der Waals surface area contributed by atoms with Gasteiger partial charge in [-0.1, -0.05) is 0 Å². The Bertz CT molecular complexity index is 798. The first-order valence-electron chi connectivity index (χ1n) is 8.69. The number of aromatic nitrogens is 2. The van der Waals surface area contributed by atoms with E-state index in [1.54, 1.807) is 4.90 Å². The second-order valence-corrected chi connectivity index (χ2v) is 6.66. The van der Waals surface area contributed by atoms with Gasteiger partial charge in [0.05, 0.1) is 6.54 Å². The van der Waals surface area contributed by atoms with Crippen LogP contribution in [0.4, 0.5) is 13.6 Å². The summed E-state index contributed by atoms with van der Waals surface area (Å²) in [7, 11) is 0. The summed E-state index contributed by atoms with van der Waals surface area (Å²) in [6.45, 7) is 2.56. The van der Waals surface area contributed by atoms with E-state index in [4.69, 9.17) is 0 Å². The summed E-state index contributed by atoms with van der Waals surface area (Å²) in [5, 5.41) is 7.11. The second-order valence-electron chi connectivity index (χ2n) is 6.66. The standard InChI is InChI=1S/C18H20F2N4O/c19-12-4-5-15(20)13(10-12)17-14-11-24(9-6-16(14)21-22-17)18(25)23-7-2-1-3-8-23/h4-5,10H,1-3,6-9,11H2,(H,21,22). The van der Waals surface area contributed by atoms with Gasteiger partial charge >= 0.3 is 6.03 Å². The summed E-state index contributed by atoms with van der Waals surface area (Å²) in [6.07, 6.45) is 3.88. The molecule has 0 unspecified atom stereocenters. The Hall–Kier alpha value is -2.44. The predicted molar refractivity (Wildman–Crippen MR) is 88.9 cm³/mol. The number of fused-ring (bicyclic) bond motifs is 1. The fourth-order valence-electron chi connectivity index (χ4n) is 3.65. The summed E-state index contributed by atoms with van der Waals surface area (Å²) >= 11 is 0. The molecule has 1 fully saturated rings. The highest BCUT2D eigenvalue weighted by molar-refractivity contribution is 5.76. The van der Waals surface area contributed by atoms with Crippen LogP contribution in [0.25, 0.3) is 11.3 Å². The molecule has 0 aliphatic carbocycles. The highest BCUT2D eigenvalue weighted by Crippen LogP contribution is 2.31. The Morgan fingerprint density at radius 1 is 1.08 bits per heavy atom. The number of H-pyrrole nitrogens is 1. The molecule has 25 heavy (non-hydrogen) atoms. The molecule has 2 aromatic rings. The summed E-state index contributed by atoms with van der Waals surface area (Å²) in [6, 6.07) is 3.37. The summed E-state index contributed by atoms with van der Waals surface area (Å²) in [5.74, 6) is -1.03. The second kappa shape index (κ2) is 6.46. The van der Waals surface area contributed by atoms with Crippen LogP contribution in [0, 0.1) is 11.6 Å². The Morgan fingerprint density at radius 3 is 2.68 bits per heavy atom. The van der Waals surface area contributed by atoms with Crippen molar-refractivity contribution in [3.05, 3.63) is 41.1 Å². The van der Waals surface area contributed by atoms with Gasteiger partial charge in [0.25, 0.3) is 0 Å². The molecule has 1 aromatic heterocycles. The molecule has 1 aromatic carbocycles. The number of amides is 2. The van der Waals surface area contributed by atoms with Crippen molar-refractivity contribution >= 4 is 6.03 Å². The largest absolute Gasteiger partial charge is 0.325 e. The normalized spacial score (nSPS) is 17.5. The minimum Gasteiger partial charge on any atom is -0.325 e. The lowest BCUT2D eigenvalue weighted by atomic mass is 10.0. The topological polar surface area (TPSA) is 52.2 Å². The quantitative estimate of drug-likeness (QED) is 0.861. The van der Waals surface area contributed by atoms with Gasteiger partial charge in [-0.2, -0.15) is 5.10 Å². The molecule has 1 saturated heterocycles. The number of nitrogens with zero attached hydrogens (tertiary/aromatic N) is 3. The van der Waals surface area contributed by atoms with Crippen LogP contribution >= 0.6 is 0 Å². The first-order valence-corrected chi connectivity index (χ1v) is 8.69. The van der Waals surface area contributed by atoms with Gasteiger partial charge in [-0.3, -0.25) is 5.10 Å². The average Bonchev–Trinajstić information content (AvgIpc) is 3.07. The number of carbonyl (C=O) groups excluding carboxylic acids is 1. The minimum atomic E-state index is -0.518. The SMILES string of the molecule is O=C(N1CCCCC1)N1CCc2[nH]nc(-c3cc(F)ccc3F)c2C1. The lowest BCUT2D eigenvalue weighted by Gasteiger charge is -2.35. The molecule has 132 valence electrons. The summed E-state index contributed by atoms with van der Waals surface area (Å²) < 4.78 is 27.7. The lowest BCUT2D eigenvalue weighted by molar-refractivity contribution is 0.138.